The minimum Gasteiger partial charge on any atom is -0.489 e. The molecule has 6 heteroatoms. The molecule has 0 fully saturated rings. The molecule has 4 rings (SSSR count). The topological polar surface area (TPSA) is 64.4 Å². The molecule has 0 aliphatic heterocycles. The van der Waals surface area contributed by atoms with E-state index in [1.54, 1.807) is 0 Å². The van der Waals surface area contributed by atoms with Crippen molar-refractivity contribution in [2.45, 2.75) is 26.9 Å². The van der Waals surface area contributed by atoms with Gasteiger partial charge in [-0.05, 0) is 73.0 Å². The van der Waals surface area contributed by atoms with Crippen molar-refractivity contribution >= 4 is 34.2 Å². The van der Waals surface area contributed by atoms with Crippen LogP contribution in [0.1, 0.15) is 22.4 Å². The quantitative estimate of drug-likeness (QED) is 0.424. The van der Waals surface area contributed by atoms with Crippen molar-refractivity contribution in [1.29, 1.82) is 0 Å². The summed E-state index contributed by atoms with van der Waals surface area (Å²) >= 11 is 5.89. The Kier molecular flexibility index (Phi) is 5.72. The van der Waals surface area contributed by atoms with Gasteiger partial charge in [-0.15, -0.1) is 0 Å². The molecule has 0 atom stereocenters. The van der Waals surface area contributed by atoms with Crippen LogP contribution in [0.25, 0.3) is 11.0 Å². The number of amides is 1. The lowest BCUT2D eigenvalue weighted by molar-refractivity contribution is -0.115. The number of nitrogens with zero attached hydrogens (tertiary/aromatic N) is 1. The number of benzene rings is 3. The molecular weight excluding hydrogens is 400 g/mol. The third kappa shape index (κ3) is 4.63. The van der Waals surface area contributed by atoms with Crippen molar-refractivity contribution in [2.24, 2.45) is 0 Å². The molecule has 1 heterocycles. The molecule has 4 aromatic rings. The molecular formula is C24H21ClN2O3. The van der Waals surface area contributed by atoms with E-state index in [4.69, 9.17) is 20.9 Å². The molecule has 1 N–H and O–H groups in total. The molecule has 3 aromatic carbocycles. The minimum absolute atomic E-state index is 0.144. The number of halogens is 1. The summed E-state index contributed by atoms with van der Waals surface area (Å²) in [7, 11) is 0. The Balaban J connectivity index is 1.36. The zero-order valence-corrected chi connectivity index (χ0v) is 17.5. The van der Waals surface area contributed by atoms with E-state index in [2.05, 4.69) is 10.5 Å². The number of aryl methyl sites for hydroxylation is 2. The number of aromatic nitrogens is 1. The largest absolute Gasteiger partial charge is 0.489 e. The molecule has 0 aliphatic rings. The first-order valence-electron chi connectivity index (χ1n) is 9.60. The maximum absolute atomic E-state index is 12.5. The van der Waals surface area contributed by atoms with E-state index in [9.17, 15) is 4.79 Å². The smallest absolute Gasteiger partial charge is 0.230 e. The fraction of sp³-hybridized carbons (Fsp3) is 0.167. The SMILES string of the molecule is Cc1cc(C)c2onc(CC(=O)Nc3ccc(OCc4ccc(Cl)cc4)cc3)c2c1. The molecule has 152 valence electrons. The molecule has 0 spiro atoms. The highest BCUT2D eigenvalue weighted by Gasteiger charge is 2.14. The van der Waals surface area contributed by atoms with Crippen LogP contribution in [-0.4, -0.2) is 11.1 Å². The molecule has 5 nitrogen and oxygen atoms in total. The van der Waals surface area contributed by atoms with Gasteiger partial charge < -0.3 is 14.6 Å². The van der Waals surface area contributed by atoms with E-state index in [1.165, 1.54) is 0 Å². The first-order chi connectivity index (χ1) is 14.5. The summed E-state index contributed by atoms with van der Waals surface area (Å²) in [5.41, 5.74) is 5.21. The van der Waals surface area contributed by atoms with Gasteiger partial charge in [0.1, 0.15) is 18.1 Å². The Morgan fingerprint density at radius 3 is 2.53 bits per heavy atom. The Hall–Kier alpha value is -3.31. The average molecular weight is 421 g/mol. The molecule has 1 aromatic heterocycles. The monoisotopic (exact) mass is 420 g/mol. The Bertz CT molecular complexity index is 1180. The fourth-order valence-electron chi connectivity index (χ4n) is 3.31. The predicted molar refractivity (Wildman–Crippen MR) is 118 cm³/mol. The van der Waals surface area contributed by atoms with Gasteiger partial charge in [-0.1, -0.05) is 35.0 Å². The normalized spacial score (nSPS) is 10.9. The van der Waals surface area contributed by atoms with Crippen molar-refractivity contribution in [1.82, 2.24) is 5.16 Å². The average Bonchev–Trinajstić information content (AvgIpc) is 3.11. The molecule has 30 heavy (non-hydrogen) atoms. The van der Waals surface area contributed by atoms with Gasteiger partial charge in [-0.3, -0.25) is 4.79 Å². The third-order valence-corrected chi connectivity index (χ3v) is 5.01. The first-order valence-corrected chi connectivity index (χ1v) is 9.98. The second-order valence-electron chi connectivity index (χ2n) is 7.25. The van der Waals surface area contributed by atoms with Crippen molar-refractivity contribution in [2.75, 3.05) is 5.32 Å². The molecule has 0 radical (unpaired) electrons. The number of carbonyl (C=O) groups excluding carboxylic acids is 1. The molecule has 0 saturated carbocycles. The van der Waals surface area contributed by atoms with Gasteiger partial charge in [0.05, 0.1) is 6.42 Å². The highest BCUT2D eigenvalue weighted by atomic mass is 35.5. The lowest BCUT2D eigenvalue weighted by Gasteiger charge is -2.08. The summed E-state index contributed by atoms with van der Waals surface area (Å²) in [6.45, 7) is 4.43. The minimum atomic E-state index is -0.154. The summed E-state index contributed by atoms with van der Waals surface area (Å²) in [4.78, 5) is 12.5. The van der Waals surface area contributed by atoms with E-state index in [1.807, 2.05) is 74.5 Å². The van der Waals surface area contributed by atoms with E-state index in [0.29, 0.717) is 23.0 Å². The van der Waals surface area contributed by atoms with E-state index >= 15 is 0 Å². The number of hydrogen-bond donors (Lipinski definition) is 1. The van der Waals surface area contributed by atoms with Crippen molar-refractivity contribution in [3.05, 3.63) is 88.1 Å². The summed E-state index contributed by atoms with van der Waals surface area (Å²) in [6, 6.07) is 18.8. The van der Waals surface area contributed by atoms with Crippen LogP contribution in [-0.2, 0) is 17.8 Å². The van der Waals surface area contributed by atoms with Crippen LogP contribution in [0.4, 0.5) is 5.69 Å². The van der Waals surface area contributed by atoms with Crippen LogP contribution >= 0.6 is 11.6 Å². The Labute approximate surface area is 179 Å². The van der Waals surface area contributed by atoms with E-state index in [0.717, 1.165) is 33.4 Å². The summed E-state index contributed by atoms with van der Waals surface area (Å²) in [5.74, 6) is 0.565. The number of nitrogens with one attached hydrogen (secondary N) is 1. The van der Waals surface area contributed by atoms with Crippen molar-refractivity contribution < 1.29 is 14.1 Å². The molecule has 1 amide bonds. The van der Waals surface area contributed by atoms with Gasteiger partial charge >= 0.3 is 0 Å². The fourth-order valence-corrected chi connectivity index (χ4v) is 3.43. The lowest BCUT2D eigenvalue weighted by Crippen LogP contribution is -2.14. The second-order valence-corrected chi connectivity index (χ2v) is 7.69. The molecule has 0 aliphatic carbocycles. The van der Waals surface area contributed by atoms with Crippen LogP contribution in [0.15, 0.2) is 65.2 Å². The number of anilines is 1. The van der Waals surface area contributed by atoms with Crippen LogP contribution in [0.3, 0.4) is 0 Å². The maximum Gasteiger partial charge on any atom is 0.230 e. The number of ether oxygens (including phenoxy) is 1. The zero-order chi connectivity index (χ0) is 21.1. The van der Waals surface area contributed by atoms with Crippen molar-refractivity contribution in [3.8, 4) is 5.75 Å². The van der Waals surface area contributed by atoms with Crippen LogP contribution < -0.4 is 10.1 Å². The highest BCUT2D eigenvalue weighted by molar-refractivity contribution is 6.30. The summed E-state index contributed by atoms with van der Waals surface area (Å²) < 4.78 is 11.2. The molecule has 0 unspecified atom stereocenters. The van der Waals surface area contributed by atoms with Gasteiger partial charge in [0.25, 0.3) is 0 Å². The number of fused-ring (bicyclic) bond motifs is 1. The van der Waals surface area contributed by atoms with Crippen LogP contribution in [0.5, 0.6) is 5.75 Å². The Morgan fingerprint density at radius 1 is 1.07 bits per heavy atom. The summed E-state index contributed by atoms with van der Waals surface area (Å²) in [6.07, 6.45) is 0.144. The highest BCUT2D eigenvalue weighted by Crippen LogP contribution is 2.24. The van der Waals surface area contributed by atoms with Gasteiger partial charge in [0, 0.05) is 16.1 Å². The number of rotatable bonds is 6. The first kappa shape index (κ1) is 20.0. The van der Waals surface area contributed by atoms with Crippen LogP contribution in [0, 0.1) is 13.8 Å². The molecule has 0 bridgehead atoms. The zero-order valence-electron chi connectivity index (χ0n) is 16.7. The number of hydrogen-bond acceptors (Lipinski definition) is 4. The van der Waals surface area contributed by atoms with E-state index in [-0.39, 0.29) is 12.3 Å². The van der Waals surface area contributed by atoms with Gasteiger partial charge in [-0.25, -0.2) is 0 Å². The maximum atomic E-state index is 12.5. The number of carbonyl (C=O) groups is 1. The predicted octanol–water partition coefficient (Wildman–Crippen LogP) is 5.86. The van der Waals surface area contributed by atoms with E-state index < -0.39 is 0 Å². The van der Waals surface area contributed by atoms with Gasteiger partial charge in [0.2, 0.25) is 5.91 Å². The lowest BCUT2D eigenvalue weighted by atomic mass is 10.1. The Morgan fingerprint density at radius 2 is 1.80 bits per heavy atom. The van der Waals surface area contributed by atoms with Crippen molar-refractivity contribution in [3.63, 3.8) is 0 Å². The summed E-state index contributed by atoms with van der Waals surface area (Å²) in [5, 5.41) is 8.56. The second kappa shape index (κ2) is 8.59. The molecule has 0 saturated heterocycles. The third-order valence-electron chi connectivity index (χ3n) is 4.76. The van der Waals surface area contributed by atoms with Gasteiger partial charge in [-0.2, -0.15) is 0 Å². The van der Waals surface area contributed by atoms with Gasteiger partial charge in [0.15, 0.2) is 5.58 Å². The standard InChI is InChI=1S/C24H21ClN2O3/c1-15-11-16(2)24-21(12-15)22(27-30-24)13-23(28)26-19-7-9-20(10-8-19)29-14-17-3-5-18(25)6-4-17/h3-12H,13-14H2,1-2H3,(H,26,28). The van der Waals surface area contributed by atoms with Crippen LogP contribution in [0.2, 0.25) is 5.02 Å².